The van der Waals surface area contributed by atoms with Crippen molar-refractivity contribution >= 4 is 47.2 Å². The van der Waals surface area contributed by atoms with Gasteiger partial charge in [-0.25, -0.2) is 13.8 Å². The van der Waals surface area contributed by atoms with Gasteiger partial charge in [0.15, 0.2) is 5.96 Å². The normalized spacial score (nSPS) is 14.8. The van der Waals surface area contributed by atoms with E-state index in [1.54, 1.807) is 0 Å². The molecule has 0 heterocycles. The summed E-state index contributed by atoms with van der Waals surface area (Å²) in [7, 11) is 0. The van der Waals surface area contributed by atoms with Crippen molar-refractivity contribution in [2.45, 2.75) is 38.6 Å². The molecule has 1 saturated carbocycles. The van der Waals surface area contributed by atoms with Gasteiger partial charge in [-0.1, -0.05) is 31.4 Å². The molecule has 2 aromatic carbocycles. The summed E-state index contributed by atoms with van der Waals surface area (Å²) in [6, 6.07) is 10.4. The predicted molar refractivity (Wildman–Crippen MR) is 122 cm³/mol. The highest BCUT2D eigenvalue weighted by Gasteiger charge is 2.21. The summed E-state index contributed by atoms with van der Waals surface area (Å²) in [5, 5.41) is 5.52. The van der Waals surface area contributed by atoms with Gasteiger partial charge in [0.1, 0.15) is 11.6 Å². The van der Waals surface area contributed by atoms with Crippen LogP contribution in [0.4, 0.5) is 20.2 Å². The number of benzene rings is 2. The Bertz CT molecular complexity index is 870. The number of nitrogens with zero attached hydrogens (tertiary/aromatic N) is 1. The van der Waals surface area contributed by atoms with E-state index in [0.717, 1.165) is 49.4 Å². The summed E-state index contributed by atoms with van der Waals surface area (Å²) in [6.45, 7) is 0.239. The van der Waals surface area contributed by atoms with Crippen LogP contribution in [0.3, 0.4) is 0 Å². The van der Waals surface area contributed by atoms with Crippen LogP contribution in [0.2, 0.25) is 0 Å². The SMILES string of the molecule is I.NC(=NCc1cccc(NC(=O)C2CCCCC2)c1)Nc1cc(F)ccc1F. The van der Waals surface area contributed by atoms with Crippen LogP contribution in [0.1, 0.15) is 37.7 Å². The maximum Gasteiger partial charge on any atom is 0.227 e. The maximum absolute atomic E-state index is 13.6. The molecule has 1 aliphatic rings. The molecule has 5 nitrogen and oxygen atoms in total. The monoisotopic (exact) mass is 514 g/mol. The number of halogens is 3. The molecule has 3 rings (SSSR count). The molecule has 1 aliphatic carbocycles. The van der Waals surface area contributed by atoms with Crippen molar-refractivity contribution in [1.29, 1.82) is 0 Å². The second-order valence-electron chi connectivity index (χ2n) is 6.98. The molecule has 0 bridgehead atoms. The van der Waals surface area contributed by atoms with Gasteiger partial charge in [-0.15, -0.1) is 24.0 Å². The number of aliphatic imine (C=N–C) groups is 1. The Morgan fingerprint density at radius 2 is 1.83 bits per heavy atom. The third-order valence-corrected chi connectivity index (χ3v) is 4.79. The molecule has 156 valence electrons. The predicted octanol–water partition coefficient (Wildman–Crippen LogP) is 5.03. The van der Waals surface area contributed by atoms with Crippen LogP contribution in [0.5, 0.6) is 0 Å². The average molecular weight is 514 g/mol. The van der Waals surface area contributed by atoms with Gasteiger partial charge in [-0.05, 0) is 42.7 Å². The van der Waals surface area contributed by atoms with E-state index in [0.29, 0.717) is 5.69 Å². The van der Waals surface area contributed by atoms with Crippen molar-refractivity contribution in [3.8, 4) is 0 Å². The summed E-state index contributed by atoms with van der Waals surface area (Å²) in [5.74, 6) is -1.08. The van der Waals surface area contributed by atoms with Gasteiger partial charge in [0, 0.05) is 17.7 Å². The van der Waals surface area contributed by atoms with E-state index in [2.05, 4.69) is 15.6 Å². The van der Waals surface area contributed by atoms with E-state index in [1.807, 2.05) is 24.3 Å². The Morgan fingerprint density at radius 1 is 1.07 bits per heavy atom. The highest BCUT2D eigenvalue weighted by Crippen LogP contribution is 2.25. The molecule has 8 heteroatoms. The van der Waals surface area contributed by atoms with E-state index in [9.17, 15) is 13.6 Å². The van der Waals surface area contributed by atoms with Gasteiger partial charge in [0.25, 0.3) is 0 Å². The minimum Gasteiger partial charge on any atom is -0.370 e. The second kappa shape index (κ2) is 11.1. The average Bonchev–Trinajstić information content (AvgIpc) is 2.70. The van der Waals surface area contributed by atoms with Gasteiger partial charge >= 0.3 is 0 Å². The van der Waals surface area contributed by atoms with Crippen LogP contribution in [0.15, 0.2) is 47.5 Å². The first-order valence-electron chi connectivity index (χ1n) is 9.43. The third-order valence-electron chi connectivity index (χ3n) is 4.79. The number of carbonyl (C=O) groups is 1. The smallest absolute Gasteiger partial charge is 0.227 e. The Kier molecular flexibility index (Phi) is 8.81. The largest absolute Gasteiger partial charge is 0.370 e. The molecule has 0 aliphatic heterocycles. The van der Waals surface area contributed by atoms with Crippen LogP contribution in [0.25, 0.3) is 0 Å². The number of nitrogens with two attached hydrogens (primary N) is 1. The maximum atomic E-state index is 13.6. The van der Waals surface area contributed by atoms with Crippen LogP contribution in [0, 0.1) is 17.6 Å². The fraction of sp³-hybridized carbons (Fsp3) is 0.333. The molecule has 0 spiro atoms. The minimum atomic E-state index is -0.619. The number of hydrogen-bond donors (Lipinski definition) is 3. The fourth-order valence-corrected chi connectivity index (χ4v) is 3.30. The van der Waals surface area contributed by atoms with Crippen LogP contribution in [-0.4, -0.2) is 11.9 Å². The number of carbonyl (C=O) groups excluding carboxylic acids is 1. The van der Waals surface area contributed by atoms with E-state index < -0.39 is 11.6 Å². The number of anilines is 2. The minimum absolute atomic E-state index is 0. The standard InChI is InChI=1S/C21H24F2N4O.HI/c22-16-9-10-18(23)19(12-16)27-21(24)25-13-14-5-4-8-17(11-14)26-20(28)15-6-2-1-3-7-15;/h4-5,8-12,15H,1-3,6-7,13H2,(H,26,28)(H3,24,25,27);1H. The zero-order chi connectivity index (χ0) is 19.9. The lowest BCUT2D eigenvalue weighted by Crippen LogP contribution is -2.24. The van der Waals surface area contributed by atoms with Crippen molar-refractivity contribution < 1.29 is 13.6 Å². The van der Waals surface area contributed by atoms with Gasteiger partial charge in [-0.3, -0.25) is 4.79 Å². The Balaban J connectivity index is 0.00000300. The molecule has 0 radical (unpaired) electrons. The lowest BCUT2D eigenvalue weighted by molar-refractivity contribution is -0.120. The molecular weight excluding hydrogens is 489 g/mol. The number of hydrogen-bond acceptors (Lipinski definition) is 2. The Labute approximate surface area is 186 Å². The molecule has 0 unspecified atom stereocenters. The van der Waals surface area contributed by atoms with Crippen LogP contribution < -0.4 is 16.4 Å². The zero-order valence-corrected chi connectivity index (χ0v) is 18.3. The van der Waals surface area contributed by atoms with Crippen molar-refractivity contribution in [2.24, 2.45) is 16.6 Å². The van der Waals surface area contributed by atoms with Crippen LogP contribution in [-0.2, 0) is 11.3 Å². The van der Waals surface area contributed by atoms with Crippen molar-refractivity contribution in [3.05, 3.63) is 59.7 Å². The Hall–Kier alpha value is -2.23. The molecule has 0 atom stereocenters. The van der Waals surface area contributed by atoms with Gasteiger partial charge in [0.2, 0.25) is 5.91 Å². The molecule has 1 fully saturated rings. The lowest BCUT2D eigenvalue weighted by atomic mass is 9.88. The van der Waals surface area contributed by atoms with Crippen molar-refractivity contribution in [2.75, 3.05) is 10.6 Å². The molecular formula is C21H25F2IN4O. The van der Waals surface area contributed by atoms with Crippen molar-refractivity contribution in [3.63, 3.8) is 0 Å². The number of guanidine groups is 1. The summed E-state index contributed by atoms with van der Waals surface area (Å²) < 4.78 is 26.9. The number of nitrogens with one attached hydrogen (secondary N) is 2. The first kappa shape index (κ1) is 23.1. The van der Waals surface area contributed by atoms with Gasteiger partial charge in [-0.2, -0.15) is 0 Å². The first-order valence-corrected chi connectivity index (χ1v) is 9.43. The highest BCUT2D eigenvalue weighted by molar-refractivity contribution is 14.0. The summed E-state index contributed by atoms with van der Waals surface area (Å²) in [6.07, 6.45) is 5.28. The van der Waals surface area contributed by atoms with E-state index >= 15 is 0 Å². The van der Waals surface area contributed by atoms with E-state index in [1.165, 1.54) is 6.42 Å². The van der Waals surface area contributed by atoms with E-state index in [-0.39, 0.29) is 54.0 Å². The fourth-order valence-electron chi connectivity index (χ4n) is 3.30. The van der Waals surface area contributed by atoms with Gasteiger partial charge < -0.3 is 16.4 Å². The first-order chi connectivity index (χ1) is 13.5. The summed E-state index contributed by atoms with van der Waals surface area (Å²) in [4.78, 5) is 16.5. The highest BCUT2D eigenvalue weighted by atomic mass is 127. The molecule has 0 saturated heterocycles. The summed E-state index contributed by atoms with van der Waals surface area (Å²) in [5.41, 5.74) is 7.25. The van der Waals surface area contributed by atoms with Crippen LogP contribution >= 0.6 is 24.0 Å². The summed E-state index contributed by atoms with van der Waals surface area (Å²) >= 11 is 0. The van der Waals surface area contributed by atoms with Crippen molar-refractivity contribution in [1.82, 2.24) is 0 Å². The Morgan fingerprint density at radius 3 is 2.59 bits per heavy atom. The molecule has 1 amide bonds. The second-order valence-corrected chi connectivity index (χ2v) is 6.98. The molecule has 0 aromatic heterocycles. The topological polar surface area (TPSA) is 79.5 Å². The van der Waals surface area contributed by atoms with Gasteiger partial charge in [0.05, 0.1) is 12.2 Å². The number of rotatable bonds is 5. The third kappa shape index (κ3) is 6.95. The van der Waals surface area contributed by atoms with E-state index in [4.69, 9.17) is 5.73 Å². The lowest BCUT2D eigenvalue weighted by Gasteiger charge is -2.20. The quantitative estimate of drug-likeness (QED) is 0.298. The molecule has 29 heavy (non-hydrogen) atoms. The molecule has 2 aromatic rings. The molecule has 4 N–H and O–H groups in total. The number of amides is 1. The zero-order valence-electron chi connectivity index (χ0n) is 16.0.